The van der Waals surface area contributed by atoms with Crippen LogP contribution in [0.2, 0.25) is 0 Å². The minimum atomic E-state index is 0.147. The van der Waals surface area contributed by atoms with Crippen LogP contribution in [0.25, 0.3) is 32.8 Å². The van der Waals surface area contributed by atoms with E-state index in [1.54, 1.807) is 6.07 Å². The Morgan fingerprint density at radius 1 is 1.02 bits per heavy atom. The van der Waals surface area contributed by atoms with Gasteiger partial charge in [0.1, 0.15) is 18.2 Å². The Hall–Kier alpha value is -3.95. The fourth-order valence-corrected chi connectivity index (χ4v) is 7.13. The molecule has 9 nitrogen and oxygen atoms in total. The van der Waals surface area contributed by atoms with Crippen LogP contribution in [-0.4, -0.2) is 95.8 Å². The molecule has 4 aromatic rings. The fraction of sp³-hybridized carbons (Fsp3) is 0.424. The predicted octanol–water partition coefficient (Wildman–Crippen LogP) is 4.03. The predicted molar refractivity (Wildman–Crippen MR) is 165 cm³/mol. The van der Waals surface area contributed by atoms with Crippen molar-refractivity contribution in [3.63, 3.8) is 0 Å². The van der Waals surface area contributed by atoms with Gasteiger partial charge in [0.15, 0.2) is 0 Å². The van der Waals surface area contributed by atoms with E-state index >= 15 is 0 Å². The quantitative estimate of drug-likeness (QED) is 0.347. The molecule has 3 saturated heterocycles. The average Bonchev–Trinajstić information content (AvgIpc) is 3.52. The number of likely N-dealkylation sites (tertiary alicyclic amines) is 2. The summed E-state index contributed by atoms with van der Waals surface area (Å²) in [5.41, 5.74) is 2.75. The highest BCUT2D eigenvalue weighted by Gasteiger charge is 2.42. The van der Waals surface area contributed by atoms with E-state index in [0.717, 1.165) is 64.4 Å². The van der Waals surface area contributed by atoms with Crippen LogP contribution < -0.4 is 15.0 Å². The van der Waals surface area contributed by atoms with Crippen LogP contribution in [-0.2, 0) is 4.79 Å². The van der Waals surface area contributed by atoms with Crippen molar-refractivity contribution in [2.45, 2.75) is 43.8 Å². The van der Waals surface area contributed by atoms with E-state index in [-0.39, 0.29) is 23.7 Å². The number of aromatic nitrogens is 2. The highest BCUT2D eigenvalue weighted by Crippen LogP contribution is 2.40. The number of anilines is 1. The molecular formula is C33H38N6O3. The van der Waals surface area contributed by atoms with E-state index in [9.17, 15) is 9.90 Å². The summed E-state index contributed by atoms with van der Waals surface area (Å²) < 4.78 is 6.31. The van der Waals surface area contributed by atoms with Gasteiger partial charge in [-0.1, -0.05) is 30.3 Å². The summed E-state index contributed by atoms with van der Waals surface area (Å²) in [5, 5.41) is 16.5. The second kappa shape index (κ2) is 11.0. The van der Waals surface area contributed by atoms with Crippen molar-refractivity contribution in [2.75, 3.05) is 51.8 Å². The number of aromatic hydroxyl groups is 1. The molecule has 7 rings (SSSR count). The van der Waals surface area contributed by atoms with Gasteiger partial charge in [0.05, 0.1) is 12.1 Å². The zero-order valence-electron chi connectivity index (χ0n) is 24.3. The first-order chi connectivity index (χ1) is 20.5. The third kappa shape index (κ3) is 4.90. The smallest absolute Gasteiger partial charge is 0.319 e. The van der Waals surface area contributed by atoms with Gasteiger partial charge in [0.2, 0.25) is 5.91 Å². The van der Waals surface area contributed by atoms with Gasteiger partial charge in [-0.05, 0) is 92.5 Å². The highest BCUT2D eigenvalue weighted by molar-refractivity contribution is 6.01. The molecule has 218 valence electrons. The number of ether oxygens (including phenoxy) is 1. The Kier molecular flexibility index (Phi) is 7.07. The van der Waals surface area contributed by atoms with Crippen molar-refractivity contribution in [3.8, 4) is 22.9 Å². The molecule has 0 spiro atoms. The lowest BCUT2D eigenvalue weighted by Gasteiger charge is -2.42. The molecule has 42 heavy (non-hydrogen) atoms. The van der Waals surface area contributed by atoms with Gasteiger partial charge in [-0.2, -0.15) is 9.97 Å². The molecule has 3 aliphatic heterocycles. The summed E-state index contributed by atoms with van der Waals surface area (Å²) in [7, 11) is 3.96. The van der Waals surface area contributed by atoms with Crippen molar-refractivity contribution < 1.29 is 14.6 Å². The zero-order valence-corrected chi connectivity index (χ0v) is 24.3. The Morgan fingerprint density at radius 3 is 2.60 bits per heavy atom. The van der Waals surface area contributed by atoms with E-state index < -0.39 is 0 Å². The van der Waals surface area contributed by atoms with E-state index in [0.29, 0.717) is 38.3 Å². The number of nitrogens with zero attached hydrogens (tertiary/aromatic N) is 5. The molecule has 3 aliphatic rings. The standard InChI is InChI=1S/C33H38N6O3/c1-34-17-31(41)38-18-23-10-11-24(19-38)39(23)32-28-12-9-22(29-16-26(40)14-21-6-3-4-8-27(21)29)15-30(28)35-33(36-32)42-20-25-7-5-13-37(25)2/h3-4,6,8-9,12,14-16,23-25,34,40H,5,7,10-11,13,17-20H2,1-2H3/t23?,24?,25-/m0/s1. The molecule has 1 aromatic heterocycles. The summed E-state index contributed by atoms with van der Waals surface area (Å²) >= 11 is 0. The molecule has 0 radical (unpaired) electrons. The van der Waals surface area contributed by atoms with Crippen LogP contribution in [0.15, 0.2) is 54.6 Å². The minimum absolute atomic E-state index is 0.147. The summed E-state index contributed by atoms with van der Waals surface area (Å²) in [6.45, 7) is 3.38. The Morgan fingerprint density at radius 2 is 1.83 bits per heavy atom. The minimum Gasteiger partial charge on any atom is -0.508 e. The van der Waals surface area contributed by atoms with Crippen LogP contribution in [0.1, 0.15) is 25.7 Å². The summed E-state index contributed by atoms with van der Waals surface area (Å²) in [4.78, 5) is 29.5. The van der Waals surface area contributed by atoms with Crippen molar-refractivity contribution in [1.82, 2.24) is 25.1 Å². The molecule has 2 bridgehead atoms. The van der Waals surface area contributed by atoms with Crippen molar-refractivity contribution in [1.29, 1.82) is 0 Å². The molecular weight excluding hydrogens is 528 g/mol. The number of carbonyl (C=O) groups is 1. The maximum absolute atomic E-state index is 12.7. The van der Waals surface area contributed by atoms with Crippen LogP contribution in [0, 0.1) is 0 Å². The van der Waals surface area contributed by atoms with Crippen molar-refractivity contribution >= 4 is 33.4 Å². The Balaban J connectivity index is 1.30. The molecule has 3 atom stereocenters. The number of nitrogens with one attached hydrogen (secondary N) is 1. The molecule has 3 aromatic carbocycles. The lowest BCUT2D eigenvalue weighted by molar-refractivity contribution is -0.131. The highest BCUT2D eigenvalue weighted by atomic mass is 16.5. The molecule has 2 N–H and O–H groups in total. The maximum atomic E-state index is 12.7. The van der Waals surface area contributed by atoms with Crippen molar-refractivity contribution in [3.05, 3.63) is 54.6 Å². The maximum Gasteiger partial charge on any atom is 0.319 e. The number of piperazine rings is 1. The second-order valence-electron chi connectivity index (χ2n) is 12.0. The van der Waals surface area contributed by atoms with Gasteiger partial charge in [-0.25, -0.2) is 0 Å². The molecule has 9 heteroatoms. The first-order valence-corrected chi connectivity index (χ1v) is 15.1. The number of amides is 1. The number of likely N-dealkylation sites (N-methyl/N-ethyl adjacent to an activating group) is 2. The van der Waals surface area contributed by atoms with E-state index in [1.807, 2.05) is 36.2 Å². The van der Waals surface area contributed by atoms with Gasteiger partial charge in [-0.3, -0.25) is 4.79 Å². The number of fused-ring (bicyclic) bond motifs is 4. The molecule has 1 amide bonds. The zero-order chi connectivity index (χ0) is 28.8. The SMILES string of the molecule is CNCC(=O)N1CC2CCC(C1)N2c1nc(OC[C@@H]2CCCN2C)nc2cc(-c3cc(O)cc4ccccc34)ccc12. The lowest BCUT2D eigenvalue weighted by Crippen LogP contribution is -2.57. The monoisotopic (exact) mass is 566 g/mol. The largest absolute Gasteiger partial charge is 0.508 e. The average molecular weight is 567 g/mol. The number of phenols is 1. The molecule has 0 aliphatic carbocycles. The third-order valence-corrected chi connectivity index (χ3v) is 9.30. The van der Waals surface area contributed by atoms with Gasteiger partial charge in [0, 0.05) is 36.6 Å². The normalized spacial score (nSPS) is 22.4. The first-order valence-electron chi connectivity index (χ1n) is 15.1. The number of hydrogen-bond donors (Lipinski definition) is 2. The van der Waals surface area contributed by atoms with E-state index in [1.165, 1.54) is 6.42 Å². The van der Waals surface area contributed by atoms with Gasteiger partial charge in [0.25, 0.3) is 0 Å². The lowest BCUT2D eigenvalue weighted by atomic mass is 9.97. The Bertz CT molecular complexity index is 1630. The molecule has 3 fully saturated rings. The summed E-state index contributed by atoms with van der Waals surface area (Å²) in [6.07, 6.45) is 4.33. The number of benzene rings is 3. The summed E-state index contributed by atoms with van der Waals surface area (Å²) in [5.74, 6) is 1.27. The Labute approximate surface area is 246 Å². The van der Waals surface area contributed by atoms with Crippen LogP contribution in [0.4, 0.5) is 5.82 Å². The number of hydrogen-bond acceptors (Lipinski definition) is 8. The van der Waals surface area contributed by atoms with Gasteiger partial charge >= 0.3 is 6.01 Å². The molecule has 0 saturated carbocycles. The van der Waals surface area contributed by atoms with Gasteiger partial charge in [-0.15, -0.1) is 0 Å². The summed E-state index contributed by atoms with van der Waals surface area (Å²) in [6, 6.07) is 19.2. The van der Waals surface area contributed by atoms with Crippen LogP contribution in [0.5, 0.6) is 11.8 Å². The van der Waals surface area contributed by atoms with Crippen LogP contribution >= 0.6 is 0 Å². The van der Waals surface area contributed by atoms with Gasteiger partial charge < -0.3 is 29.9 Å². The topological polar surface area (TPSA) is 94.1 Å². The second-order valence-corrected chi connectivity index (χ2v) is 12.0. The van der Waals surface area contributed by atoms with E-state index in [2.05, 4.69) is 46.4 Å². The number of rotatable bonds is 7. The molecule has 2 unspecified atom stereocenters. The number of carbonyl (C=O) groups excluding carboxylic acids is 1. The van der Waals surface area contributed by atoms with E-state index in [4.69, 9.17) is 14.7 Å². The van der Waals surface area contributed by atoms with Crippen LogP contribution in [0.3, 0.4) is 0 Å². The van der Waals surface area contributed by atoms with Crippen molar-refractivity contribution in [2.24, 2.45) is 0 Å². The molecule has 4 heterocycles. The third-order valence-electron chi connectivity index (χ3n) is 9.30. The first kappa shape index (κ1) is 26.9. The fourth-order valence-electron chi connectivity index (χ4n) is 7.13. The number of phenolic OH excluding ortho intramolecular Hbond substituents is 1.